The highest BCUT2D eigenvalue weighted by Crippen LogP contribution is 2.61. The van der Waals surface area contributed by atoms with Crippen LogP contribution < -0.4 is 9.80 Å². The summed E-state index contributed by atoms with van der Waals surface area (Å²) in [6.07, 6.45) is 8.67. The first kappa shape index (κ1) is 26.0. The number of hydrogen-bond donors (Lipinski definition) is 0. The van der Waals surface area contributed by atoms with E-state index < -0.39 is 0 Å². The zero-order chi connectivity index (χ0) is 27.1. The molecule has 39 heavy (non-hydrogen) atoms. The number of ether oxygens (including phenoxy) is 1. The molecule has 4 saturated carbocycles. The molecule has 0 N–H and O–H groups in total. The molecule has 0 heterocycles. The topological polar surface area (TPSA) is 32.8 Å². The molecule has 3 aromatic carbocycles. The third kappa shape index (κ3) is 4.73. The van der Waals surface area contributed by atoms with E-state index in [0.29, 0.717) is 17.6 Å². The second-order valence-electron chi connectivity index (χ2n) is 12.3. The van der Waals surface area contributed by atoms with Crippen molar-refractivity contribution in [2.24, 2.45) is 17.8 Å². The zero-order valence-corrected chi connectivity index (χ0v) is 24.0. The van der Waals surface area contributed by atoms with Crippen molar-refractivity contribution in [3.05, 3.63) is 83.4 Å². The molecular formula is C35H42N2O2. The van der Waals surface area contributed by atoms with Crippen molar-refractivity contribution >= 4 is 28.7 Å². The molecule has 3 aromatic rings. The zero-order valence-electron chi connectivity index (χ0n) is 24.0. The van der Waals surface area contributed by atoms with Gasteiger partial charge < -0.3 is 14.5 Å². The molecule has 4 aliphatic rings. The average Bonchev–Trinajstić information content (AvgIpc) is 2.93. The van der Waals surface area contributed by atoms with Crippen molar-refractivity contribution in [2.75, 3.05) is 30.0 Å². The molecule has 4 aliphatic carbocycles. The predicted molar refractivity (Wildman–Crippen MR) is 161 cm³/mol. The summed E-state index contributed by atoms with van der Waals surface area (Å²) in [5.74, 6) is 2.61. The van der Waals surface area contributed by atoms with E-state index in [9.17, 15) is 4.79 Å². The number of benzene rings is 3. The molecule has 0 aromatic heterocycles. The van der Waals surface area contributed by atoms with Gasteiger partial charge in [-0.1, -0.05) is 24.3 Å². The smallest absolute Gasteiger partial charge is 0.340 e. The SMILES string of the molecule is CCOC(=O)c1ccccc1N(CC)c1ccc(N(C)c2ccc(C34CC5CC(CC(C5)C3)C4)cc2C)cc1. The molecule has 0 spiro atoms. The number of rotatable bonds is 8. The summed E-state index contributed by atoms with van der Waals surface area (Å²) < 4.78 is 5.31. The van der Waals surface area contributed by atoms with Gasteiger partial charge in [0.1, 0.15) is 0 Å². The number of carbonyl (C=O) groups is 1. The van der Waals surface area contributed by atoms with Gasteiger partial charge in [0.05, 0.1) is 17.9 Å². The molecule has 0 radical (unpaired) electrons. The monoisotopic (exact) mass is 522 g/mol. The summed E-state index contributed by atoms with van der Waals surface area (Å²) in [5.41, 5.74) is 8.31. The highest BCUT2D eigenvalue weighted by Gasteiger charge is 2.51. The Balaban J connectivity index is 1.23. The van der Waals surface area contributed by atoms with Gasteiger partial charge in [-0.15, -0.1) is 0 Å². The Bertz CT molecular complexity index is 1310. The molecule has 0 unspecified atom stereocenters. The third-order valence-corrected chi connectivity index (χ3v) is 9.76. The van der Waals surface area contributed by atoms with Crippen LogP contribution in [-0.4, -0.2) is 26.2 Å². The van der Waals surface area contributed by atoms with Gasteiger partial charge in [-0.05, 0) is 136 Å². The van der Waals surface area contributed by atoms with E-state index in [1.54, 1.807) is 5.56 Å². The third-order valence-electron chi connectivity index (χ3n) is 9.76. The molecule has 204 valence electrons. The number of aryl methyl sites for hydroxylation is 1. The van der Waals surface area contributed by atoms with Crippen molar-refractivity contribution < 1.29 is 9.53 Å². The molecule has 0 aliphatic heterocycles. The maximum Gasteiger partial charge on any atom is 0.340 e. The Morgan fingerprint density at radius 2 is 1.46 bits per heavy atom. The summed E-state index contributed by atoms with van der Waals surface area (Å²) >= 11 is 0. The second-order valence-corrected chi connectivity index (χ2v) is 12.3. The van der Waals surface area contributed by atoms with E-state index in [2.05, 4.69) is 73.2 Å². The van der Waals surface area contributed by atoms with Crippen molar-refractivity contribution in [3.8, 4) is 0 Å². The number of carbonyl (C=O) groups excluding carboxylic acids is 1. The van der Waals surface area contributed by atoms with Gasteiger partial charge in [0.25, 0.3) is 0 Å². The second kappa shape index (κ2) is 10.4. The highest BCUT2D eigenvalue weighted by atomic mass is 16.5. The van der Waals surface area contributed by atoms with Crippen LogP contribution in [0, 0.1) is 24.7 Å². The molecule has 4 fully saturated rings. The normalized spacial score (nSPS) is 25.0. The maximum absolute atomic E-state index is 12.6. The summed E-state index contributed by atoms with van der Waals surface area (Å²) in [6.45, 7) is 7.33. The highest BCUT2D eigenvalue weighted by molar-refractivity contribution is 5.97. The molecule has 0 atom stereocenters. The number of para-hydroxylation sites is 1. The van der Waals surface area contributed by atoms with E-state index in [4.69, 9.17) is 4.74 Å². The van der Waals surface area contributed by atoms with Gasteiger partial charge in [0.2, 0.25) is 0 Å². The van der Waals surface area contributed by atoms with Crippen LogP contribution in [0.5, 0.6) is 0 Å². The molecule has 4 bridgehead atoms. The Morgan fingerprint density at radius 1 is 0.846 bits per heavy atom. The Kier molecular flexibility index (Phi) is 6.91. The molecule has 4 heteroatoms. The molecule has 4 nitrogen and oxygen atoms in total. The largest absolute Gasteiger partial charge is 0.462 e. The van der Waals surface area contributed by atoms with Crippen LogP contribution in [0.1, 0.15) is 73.9 Å². The number of hydrogen-bond acceptors (Lipinski definition) is 4. The standard InChI is InChI=1S/C35H42N2O2/c1-5-37(33-10-8-7-9-31(33)34(38)39-6-2)30-14-12-29(13-15-30)36(4)32-16-11-28(17-24(32)3)35-21-25-18-26(22-35)20-27(19-25)23-35/h7-17,25-27H,5-6,18-23H2,1-4H3. The summed E-state index contributed by atoms with van der Waals surface area (Å²) in [5, 5.41) is 0. The number of nitrogens with zero attached hydrogens (tertiary/aromatic N) is 2. The van der Waals surface area contributed by atoms with Gasteiger partial charge >= 0.3 is 5.97 Å². The van der Waals surface area contributed by atoms with E-state index >= 15 is 0 Å². The molecule has 0 saturated heterocycles. The van der Waals surface area contributed by atoms with E-state index in [0.717, 1.165) is 41.4 Å². The van der Waals surface area contributed by atoms with Crippen LogP contribution in [0.4, 0.5) is 22.7 Å². The number of esters is 1. The maximum atomic E-state index is 12.6. The minimum absolute atomic E-state index is 0.282. The lowest BCUT2D eigenvalue weighted by molar-refractivity contribution is -0.00520. The van der Waals surface area contributed by atoms with Crippen LogP contribution in [0.15, 0.2) is 66.7 Å². The quantitative estimate of drug-likeness (QED) is 0.277. The van der Waals surface area contributed by atoms with Crippen LogP contribution in [0.2, 0.25) is 0 Å². The molecule has 0 amide bonds. The van der Waals surface area contributed by atoms with Crippen LogP contribution >= 0.6 is 0 Å². The van der Waals surface area contributed by atoms with Crippen molar-refractivity contribution in [2.45, 2.75) is 64.7 Å². The first-order valence-corrected chi connectivity index (χ1v) is 14.9. The van der Waals surface area contributed by atoms with Crippen LogP contribution in [0.3, 0.4) is 0 Å². The van der Waals surface area contributed by atoms with Gasteiger partial charge in [0.15, 0.2) is 0 Å². The number of anilines is 4. The fourth-order valence-electron chi connectivity index (χ4n) is 8.40. The van der Waals surface area contributed by atoms with Crippen LogP contribution in [0.25, 0.3) is 0 Å². The van der Waals surface area contributed by atoms with E-state index in [1.807, 2.05) is 31.2 Å². The van der Waals surface area contributed by atoms with Gasteiger partial charge in [-0.2, -0.15) is 0 Å². The fraction of sp³-hybridized carbons (Fsp3) is 0.457. The van der Waals surface area contributed by atoms with E-state index in [1.165, 1.54) is 49.8 Å². The lowest BCUT2D eigenvalue weighted by atomic mass is 9.48. The lowest BCUT2D eigenvalue weighted by Crippen LogP contribution is -2.48. The minimum atomic E-state index is -0.282. The first-order valence-electron chi connectivity index (χ1n) is 14.9. The Morgan fingerprint density at radius 3 is 2.05 bits per heavy atom. The van der Waals surface area contributed by atoms with Crippen molar-refractivity contribution in [1.82, 2.24) is 0 Å². The first-order chi connectivity index (χ1) is 18.9. The Hall–Kier alpha value is -3.27. The van der Waals surface area contributed by atoms with Gasteiger partial charge in [0, 0.05) is 30.7 Å². The van der Waals surface area contributed by atoms with Gasteiger partial charge in [-0.3, -0.25) is 0 Å². The van der Waals surface area contributed by atoms with Crippen molar-refractivity contribution in [1.29, 1.82) is 0 Å². The van der Waals surface area contributed by atoms with Gasteiger partial charge in [-0.25, -0.2) is 4.79 Å². The average molecular weight is 523 g/mol. The molecule has 7 rings (SSSR count). The van der Waals surface area contributed by atoms with Crippen LogP contribution in [-0.2, 0) is 10.2 Å². The summed E-state index contributed by atoms with van der Waals surface area (Å²) in [7, 11) is 2.16. The minimum Gasteiger partial charge on any atom is -0.462 e. The lowest BCUT2D eigenvalue weighted by Gasteiger charge is -2.57. The summed E-state index contributed by atoms with van der Waals surface area (Å²) in [4.78, 5) is 17.1. The fourth-order valence-corrected chi connectivity index (χ4v) is 8.40. The predicted octanol–water partition coefficient (Wildman–Crippen LogP) is 8.57. The Labute approximate surface area is 234 Å². The summed E-state index contributed by atoms with van der Waals surface area (Å²) in [6, 6.07) is 23.6. The van der Waals surface area contributed by atoms with Crippen molar-refractivity contribution in [3.63, 3.8) is 0 Å². The molecular weight excluding hydrogens is 480 g/mol. The van der Waals surface area contributed by atoms with E-state index in [-0.39, 0.29) is 5.97 Å².